The fourth-order valence-electron chi connectivity index (χ4n) is 6.31. The topological polar surface area (TPSA) is 81.9 Å². The molecule has 0 aliphatic carbocycles. The minimum Gasteiger partial charge on any atom is -0.468 e. The molecule has 0 aliphatic heterocycles. The maximum absolute atomic E-state index is 12.3. The molecule has 5 aromatic carbocycles. The standard InChI is InChI=1S/C40H39N5O2/c1-3-4-24-37(39(46)47-2)41-29-30-25-27-31(28-26-30)35-22-14-15-23-36(35)38-42-43-44-45(38)40(32-16-8-5-9-17-32,33-18-10-6-11-19-33)34-20-12-7-13-21-34/h5-23,25-28,37,41H,3-4,24,29H2,1-2H3. The van der Waals surface area contributed by atoms with Crippen molar-refractivity contribution in [3.63, 3.8) is 0 Å². The monoisotopic (exact) mass is 621 g/mol. The average molecular weight is 622 g/mol. The van der Waals surface area contributed by atoms with E-state index in [-0.39, 0.29) is 12.0 Å². The quantitative estimate of drug-likeness (QED) is 0.105. The highest BCUT2D eigenvalue weighted by atomic mass is 16.5. The van der Waals surface area contributed by atoms with Gasteiger partial charge in [0.25, 0.3) is 0 Å². The molecule has 0 saturated carbocycles. The number of rotatable bonds is 13. The fourth-order valence-corrected chi connectivity index (χ4v) is 6.31. The first kappa shape index (κ1) is 31.6. The molecule has 1 heterocycles. The van der Waals surface area contributed by atoms with Crippen molar-refractivity contribution in [2.75, 3.05) is 7.11 Å². The van der Waals surface area contributed by atoms with E-state index in [9.17, 15) is 4.79 Å². The van der Waals surface area contributed by atoms with Crippen LogP contribution in [0, 0.1) is 0 Å². The van der Waals surface area contributed by atoms with Crippen LogP contribution in [0.3, 0.4) is 0 Å². The number of hydrogen-bond donors (Lipinski definition) is 1. The maximum atomic E-state index is 12.3. The molecule has 6 aromatic rings. The first-order valence-electron chi connectivity index (χ1n) is 16.1. The molecule has 1 N–H and O–H groups in total. The number of nitrogens with one attached hydrogen (secondary N) is 1. The van der Waals surface area contributed by atoms with Crippen molar-refractivity contribution < 1.29 is 9.53 Å². The first-order valence-corrected chi connectivity index (χ1v) is 16.1. The summed E-state index contributed by atoms with van der Waals surface area (Å²) in [4.78, 5) is 12.3. The number of nitrogens with zero attached hydrogens (tertiary/aromatic N) is 4. The molecule has 7 nitrogen and oxygen atoms in total. The zero-order valence-corrected chi connectivity index (χ0v) is 26.8. The highest BCUT2D eigenvalue weighted by Gasteiger charge is 2.42. The van der Waals surface area contributed by atoms with Crippen LogP contribution in [0.5, 0.6) is 0 Å². The van der Waals surface area contributed by atoms with E-state index >= 15 is 0 Å². The summed E-state index contributed by atoms with van der Waals surface area (Å²) in [5.41, 5.74) is 6.34. The summed E-state index contributed by atoms with van der Waals surface area (Å²) in [6, 6.07) is 47.6. The van der Waals surface area contributed by atoms with Crippen molar-refractivity contribution >= 4 is 5.97 Å². The highest BCUT2D eigenvalue weighted by Crippen LogP contribution is 2.43. The smallest absolute Gasteiger partial charge is 0.322 e. The molecule has 0 aliphatic rings. The van der Waals surface area contributed by atoms with Crippen molar-refractivity contribution in [1.82, 2.24) is 25.5 Å². The minimum absolute atomic E-state index is 0.223. The van der Waals surface area contributed by atoms with E-state index in [0.29, 0.717) is 12.4 Å². The Labute approximate surface area is 276 Å². The van der Waals surface area contributed by atoms with Crippen molar-refractivity contribution in [2.24, 2.45) is 0 Å². The largest absolute Gasteiger partial charge is 0.468 e. The molecule has 7 heteroatoms. The van der Waals surface area contributed by atoms with Gasteiger partial charge in [-0.3, -0.25) is 4.79 Å². The van der Waals surface area contributed by atoms with E-state index in [4.69, 9.17) is 9.95 Å². The maximum Gasteiger partial charge on any atom is 0.322 e. The summed E-state index contributed by atoms with van der Waals surface area (Å²) < 4.78 is 6.99. The molecule has 0 spiro atoms. The van der Waals surface area contributed by atoms with Crippen molar-refractivity contribution in [1.29, 1.82) is 0 Å². The van der Waals surface area contributed by atoms with Gasteiger partial charge in [0.15, 0.2) is 5.82 Å². The van der Waals surface area contributed by atoms with Crippen molar-refractivity contribution in [3.05, 3.63) is 162 Å². The van der Waals surface area contributed by atoms with E-state index < -0.39 is 5.54 Å². The molecule has 1 unspecified atom stereocenters. The van der Waals surface area contributed by atoms with Crippen molar-refractivity contribution in [2.45, 2.75) is 44.3 Å². The lowest BCUT2D eigenvalue weighted by Gasteiger charge is -2.36. The Morgan fingerprint density at radius 3 is 1.81 bits per heavy atom. The average Bonchev–Trinajstić information content (AvgIpc) is 3.63. The molecular formula is C40H39N5O2. The predicted octanol–water partition coefficient (Wildman–Crippen LogP) is 7.67. The van der Waals surface area contributed by atoms with Gasteiger partial charge in [0.2, 0.25) is 0 Å². The highest BCUT2D eigenvalue weighted by molar-refractivity contribution is 5.81. The number of benzene rings is 5. The second-order valence-corrected chi connectivity index (χ2v) is 11.6. The second kappa shape index (κ2) is 14.8. The van der Waals surface area contributed by atoms with E-state index in [0.717, 1.165) is 58.2 Å². The predicted molar refractivity (Wildman–Crippen MR) is 185 cm³/mol. The number of methoxy groups -OCH3 is 1. The van der Waals surface area contributed by atoms with Gasteiger partial charge in [0.1, 0.15) is 11.6 Å². The molecule has 0 saturated heterocycles. The molecule has 0 amide bonds. The molecule has 236 valence electrons. The number of aromatic nitrogens is 4. The summed E-state index contributed by atoms with van der Waals surface area (Å²) in [5, 5.41) is 17.1. The third-order valence-electron chi connectivity index (χ3n) is 8.68. The fraction of sp³-hybridized carbons (Fsp3) is 0.200. The minimum atomic E-state index is -0.848. The van der Waals surface area contributed by atoms with Gasteiger partial charge in [-0.15, -0.1) is 5.10 Å². The summed E-state index contributed by atoms with van der Waals surface area (Å²) in [5.74, 6) is 0.430. The molecular weight excluding hydrogens is 582 g/mol. The zero-order valence-electron chi connectivity index (χ0n) is 26.8. The normalized spacial score (nSPS) is 12.0. The van der Waals surface area contributed by atoms with Crippen LogP contribution in [0.2, 0.25) is 0 Å². The lowest BCUT2D eigenvalue weighted by Crippen LogP contribution is -2.39. The van der Waals surface area contributed by atoms with Crippen LogP contribution in [0.25, 0.3) is 22.5 Å². The van der Waals surface area contributed by atoms with Gasteiger partial charge in [-0.2, -0.15) is 0 Å². The lowest BCUT2D eigenvalue weighted by molar-refractivity contribution is -0.143. The van der Waals surface area contributed by atoms with Crippen molar-refractivity contribution in [3.8, 4) is 22.5 Å². The van der Waals surface area contributed by atoms with E-state index in [1.165, 1.54) is 7.11 Å². The van der Waals surface area contributed by atoms with Gasteiger partial charge in [-0.25, -0.2) is 4.68 Å². The van der Waals surface area contributed by atoms with Gasteiger partial charge < -0.3 is 10.1 Å². The van der Waals surface area contributed by atoms with Gasteiger partial charge in [0.05, 0.1) is 7.11 Å². The SMILES string of the molecule is CCCCC(NCc1ccc(-c2ccccc2-c2nnnn2C(c2ccccc2)(c2ccccc2)c2ccccc2)cc1)C(=O)OC. The van der Waals surface area contributed by atoms with Crippen LogP contribution in [0.4, 0.5) is 0 Å². The van der Waals surface area contributed by atoms with Crippen LogP contribution in [0.15, 0.2) is 140 Å². The Morgan fingerprint density at radius 2 is 1.28 bits per heavy atom. The Hall–Kier alpha value is -5.40. The Bertz CT molecular complexity index is 1780. The number of ether oxygens (including phenoxy) is 1. The first-order chi connectivity index (χ1) is 23.2. The molecule has 1 atom stereocenters. The number of hydrogen-bond acceptors (Lipinski definition) is 6. The van der Waals surface area contributed by atoms with Gasteiger partial charge >= 0.3 is 5.97 Å². The lowest BCUT2D eigenvalue weighted by atomic mass is 9.77. The number of esters is 1. The van der Waals surface area contributed by atoms with E-state index in [1.807, 2.05) is 35.0 Å². The van der Waals surface area contributed by atoms with Crippen LogP contribution in [-0.4, -0.2) is 39.3 Å². The molecule has 6 rings (SSSR count). The number of carbonyl (C=O) groups is 1. The molecule has 0 fully saturated rings. The summed E-state index contributed by atoms with van der Waals surface area (Å²) in [6.45, 7) is 2.69. The van der Waals surface area contributed by atoms with Crippen LogP contribution >= 0.6 is 0 Å². The zero-order chi connectivity index (χ0) is 32.5. The van der Waals surface area contributed by atoms with E-state index in [2.05, 4.69) is 132 Å². The Balaban J connectivity index is 1.42. The number of carbonyl (C=O) groups excluding carboxylic acids is 1. The molecule has 1 aromatic heterocycles. The number of unbranched alkanes of at least 4 members (excludes halogenated alkanes) is 1. The third kappa shape index (κ3) is 6.48. The summed E-state index contributed by atoms with van der Waals surface area (Å²) >= 11 is 0. The van der Waals surface area contributed by atoms with Gasteiger partial charge in [-0.1, -0.05) is 159 Å². The van der Waals surface area contributed by atoms with Gasteiger partial charge in [-0.05, 0) is 50.2 Å². The van der Waals surface area contributed by atoms with Gasteiger partial charge in [0, 0.05) is 12.1 Å². The summed E-state index contributed by atoms with van der Waals surface area (Å²) in [6.07, 6.45) is 2.73. The Kier molecular flexibility index (Phi) is 9.94. The molecule has 0 radical (unpaired) electrons. The van der Waals surface area contributed by atoms with Crippen LogP contribution in [-0.2, 0) is 21.6 Å². The van der Waals surface area contributed by atoms with E-state index in [1.54, 1.807) is 0 Å². The molecule has 47 heavy (non-hydrogen) atoms. The number of tetrazole rings is 1. The third-order valence-corrected chi connectivity index (χ3v) is 8.68. The molecule has 0 bridgehead atoms. The van der Waals surface area contributed by atoms with Crippen LogP contribution in [0.1, 0.15) is 48.4 Å². The Morgan fingerprint density at radius 1 is 0.745 bits per heavy atom. The van der Waals surface area contributed by atoms with Crippen LogP contribution < -0.4 is 5.32 Å². The second-order valence-electron chi connectivity index (χ2n) is 11.6. The summed E-state index contributed by atoms with van der Waals surface area (Å²) in [7, 11) is 1.44.